The van der Waals surface area contributed by atoms with Crippen molar-refractivity contribution in [2.75, 3.05) is 0 Å². The Morgan fingerprint density at radius 2 is 1.52 bits per heavy atom. The lowest BCUT2D eigenvalue weighted by molar-refractivity contribution is -0.131. The standard InChI is InChI=1S/C26H21F2NO2/c1-2-17(16-25(30)31)20-7-12-24-21(15-20)13-14-29(24)26(18-3-8-22(27)9-4-18)19-5-10-23(28)11-6-19/h3-16,26H,2H2,1H3,(H,30,31)/b17-16-. The quantitative estimate of drug-likeness (QED) is 0.367. The van der Waals surface area contributed by atoms with Crippen LogP contribution in [0.1, 0.15) is 36.1 Å². The average molecular weight is 417 g/mol. The third-order valence-corrected chi connectivity index (χ3v) is 5.42. The Bertz CT molecular complexity index is 1210. The predicted molar refractivity (Wildman–Crippen MR) is 118 cm³/mol. The summed E-state index contributed by atoms with van der Waals surface area (Å²) >= 11 is 0. The molecule has 31 heavy (non-hydrogen) atoms. The second kappa shape index (κ2) is 8.56. The molecule has 0 aliphatic carbocycles. The summed E-state index contributed by atoms with van der Waals surface area (Å²) in [6, 6.07) is 20.1. The Labute approximate surface area is 178 Å². The van der Waals surface area contributed by atoms with Crippen LogP contribution in [0.2, 0.25) is 0 Å². The molecule has 0 atom stereocenters. The molecule has 3 aromatic carbocycles. The van der Waals surface area contributed by atoms with E-state index >= 15 is 0 Å². The van der Waals surface area contributed by atoms with Gasteiger partial charge in [0, 0.05) is 23.2 Å². The van der Waals surface area contributed by atoms with Gasteiger partial charge >= 0.3 is 5.97 Å². The molecule has 0 aliphatic heterocycles. The lowest BCUT2D eigenvalue weighted by Crippen LogP contribution is -2.11. The SMILES string of the molecule is CC/C(=C/C(=O)O)c1ccc2c(ccn2C(c2ccc(F)cc2)c2ccc(F)cc2)c1. The van der Waals surface area contributed by atoms with Gasteiger partial charge in [-0.3, -0.25) is 0 Å². The molecule has 4 rings (SSSR count). The number of rotatable bonds is 6. The molecule has 5 heteroatoms. The smallest absolute Gasteiger partial charge is 0.328 e. The van der Waals surface area contributed by atoms with Gasteiger partial charge in [0.25, 0.3) is 0 Å². The molecular weight excluding hydrogens is 396 g/mol. The predicted octanol–water partition coefficient (Wildman–Crippen LogP) is 6.44. The van der Waals surface area contributed by atoms with E-state index in [0.717, 1.165) is 33.2 Å². The van der Waals surface area contributed by atoms with Crippen LogP contribution in [0.4, 0.5) is 8.78 Å². The van der Waals surface area contributed by atoms with Crippen molar-refractivity contribution >= 4 is 22.4 Å². The Morgan fingerprint density at radius 1 is 0.935 bits per heavy atom. The molecule has 0 aliphatic rings. The Hall–Kier alpha value is -3.73. The number of carbonyl (C=O) groups is 1. The van der Waals surface area contributed by atoms with E-state index in [2.05, 4.69) is 4.57 Å². The van der Waals surface area contributed by atoms with Gasteiger partial charge in [-0.05, 0) is 71.1 Å². The Morgan fingerprint density at radius 3 is 2.03 bits per heavy atom. The number of carboxylic acids is 1. The molecule has 4 aromatic rings. The summed E-state index contributed by atoms with van der Waals surface area (Å²) in [6.45, 7) is 1.92. The molecule has 1 N–H and O–H groups in total. The van der Waals surface area contributed by atoms with E-state index in [1.54, 1.807) is 24.3 Å². The van der Waals surface area contributed by atoms with Crippen molar-refractivity contribution in [1.82, 2.24) is 4.57 Å². The van der Waals surface area contributed by atoms with E-state index in [1.807, 2.05) is 37.4 Å². The number of carboxylic acid groups (broad SMARTS) is 1. The topological polar surface area (TPSA) is 42.2 Å². The first-order chi connectivity index (χ1) is 15.0. The molecule has 1 heterocycles. The molecule has 0 amide bonds. The third-order valence-electron chi connectivity index (χ3n) is 5.42. The number of fused-ring (bicyclic) bond motifs is 1. The van der Waals surface area contributed by atoms with Crippen LogP contribution in [-0.2, 0) is 4.79 Å². The first-order valence-electron chi connectivity index (χ1n) is 10.0. The number of hydrogen-bond acceptors (Lipinski definition) is 1. The highest BCUT2D eigenvalue weighted by Crippen LogP contribution is 2.32. The number of aromatic nitrogens is 1. The number of allylic oxidation sites excluding steroid dienone is 1. The molecule has 0 bridgehead atoms. The molecule has 1 aromatic heterocycles. The van der Waals surface area contributed by atoms with E-state index in [-0.39, 0.29) is 17.7 Å². The fraction of sp³-hybridized carbons (Fsp3) is 0.115. The number of halogens is 2. The van der Waals surface area contributed by atoms with Crippen LogP contribution in [0.5, 0.6) is 0 Å². The molecule has 156 valence electrons. The number of aliphatic carboxylic acids is 1. The summed E-state index contributed by atoms with van der Waals surface area (Å²) in [5, 5.41) is 10.1. The van der Waals surface area contributed by atoms with Crippen molar-refractivity contribution in [1.29, 1.82) is 0 Å². The van der Waals surface area contributed by atoms with E-state index in [1.165, 1.54) is 30.3 Å². The molecule has 0 fully saturated rings. The van der Waals surface area contributed by atoms with Gasteiger partial charge in [0.15, 0.2) is 0 Å². The van der Waals surface area contributed by atoms with Gasteiger partial charge in [0.1, 0.15) is 11.6 Å². The zero-order valence-electron chi connectivity index (χ0n) is 16.9. The molecule has 3 nitrogen and oxygen atoms in total. The second-order valence-corrected chi connectivity index (χ2v) is 7.36. The summed E-state index contributed by atoms with van der Waals surface area (Å²) in [5.74, 6) is -1.61. The fourth-order valence-electron chi connectivity index (χ4n) is 3.93. The van der Waals surface area contributed by atoms with E-state index in [4.69, 9.17) is 5.11 Å². The summed E-state index contributed by atoms with van der Waals surface area (Å²) in [4.78, 5) is 11.1. The van der Waals surface area contributed by atoms with E-state index < -0.39 is 5.97 Å². The van der Waals surface area contributed by atoms with Crippen molar-refractivity contribution in [3.63, 3.8) is 0 Å². The minimum atomic E-state index is -0.970. The Kier molecular flexibility index (Phi) is 5.67. The Balaban J connectivity index is 1.85. The number of nitrogens with zero attached hydrogens (tertiary/aromatic N) is 1. The minimum absolute atomic E-state index is 0.273. The fourth-order valence-corrected chi connectivity index (χ4v) is 3.93. The highest BCUT2D eigenvalue weighted by atomic mass is 19.1. The van der Waals surface area contributed by atoms with Crippen LogP contribution in [0.15, 0.2) is 85.1 Å². The third kappa shape index (κ3) is 4.26. The summed E-state index contributed by atoms with van der Waals surface area (Å²) in [6.07, 6.45) is 3.78. The van der Waals surface area contributed by atoms with Crippen LogP contribution >= 0.6 is 0 Å². The van der Waals surface area contributed by atoms with Gasteiger partial charge in [-0.2, -0.15) is 0 Å². The van der Waals surface area contributed by atoms with Crippen LogP contribution in [-0.4, -0.2) is 15.6 Å². The van der Waals surface area contributed by atoms with Gasteiger partial charge < -0.3 is 9.67 Å². The van der Waals surface area contributed by atoms with Gasteiger partial charge in [-0.15, -0.1) is 0 Å². The highest BCUT2D eigenvalue weighted by Gasteiger charge is 2.19. The van der Waals surface area contributed by atoms with Crippen molar-refractivity contribution in [2.45, 2.75) is 19.4 Å². The molecule has 0 saturated heterocycles. The first kappa shape index (κ1) is 20.5. The lowest BCUT2D eigenvalue weighted by Gasteiger charge is -2.22. The van der Waals surface area contributed by atoms with Gasteiger partial charge in [-0.25, -0.2) is 13.6 Å². The van der Waals surface area contributed by atoms with E-state index in [9.17, 15) is 13.6 Å². The van der Waals surface area contributed by atoms with Gasteiger partial charge in [0.05, 0.1) is 6.04 Å². The molecule has 0 radical (unpaired) electrons. The zero-order valence-corrected chi connectivity index (χ0v) is 16.9. The van der Waals surface area contributed by atoms with Gasteiger partial charge in [0.2, 0.25) is 0 Å². The molecule has 0 unspecified atom stereocenters. The highest BCUT2D eigenvalue weighted by molar-refractivity contribution is 5.92. The van der Waals surface area contributed by atoms with Crippen LogP contribution in [0.25, 0.3) is 16.5 Å². The monoisotopic (exact) mass is 417 g/mol. The van der Waals surface area contributed by atoms with Crippen molar-refractivity contribution in [3.8, 4) is 0 Å². The van der Waals surface area contributed by atoms with E-state index in [0.29, 0.717) is 6.42 Å². The molecule has 0 saturated carbocycles. The normalized spacial score (nSPS) is 11.9. The number of hydrogen-bond donors (Lipinski definition) is 1. The zero-order chi connectivity index (χ0) is 22.0. The summed E-state index contributed by atoms with van der Waals surface area (Å²) < 4.78 is 29.1. The van der Waals surface area contributed by atoms with Crippen molar-refractivity contribution in [3.05, 3.63) is 113 Å². The maximum atomic E-state index is 13.5. The largest absolute Gasteiger partial charge is 0.478 e. The van der Waals surface area contributed by atoms with Crippen LogP contribution < -0.4 is 0 Å². The van der Waals surface area contributed by atoms with Crippen molar-refractivity contribution in [2.24, 2.45) is 0 Å². The maximum absolute atomic E-state index is 13.5. The summed E-state index contributed by atoms with van der Waals surface area (Å²) in [5.41, 5.74) is 4.28. The molecule has 0 spiro atoms. The molecular formula is C26H21F2NO2. The lowest BCUT2D eigenvalue weighted by atomic mass is 9.97. The number of benzene rings is 3. The van der Waals surface area contributed by atoms with Crippen molar-refractivity contribution < 1.29 is 18.7 Å². The van der Waals surface area contributed by atoms with Gasteiger partial charge in [-0.1, -0.05) is 37.3 Å². The maximum Gasteiger partial charge on any atom is 0.328 e. The second-order valence-electron chi connectivity index (χ2n) is 7.36. The average Bonchev–Trinajstić information content (AvgIpc) is 3.17. The van der Waals surface area contributed by atoms with Crippen LogP contribution in [0, 0.1) is 11.6 Å². The first-order valence-corrected chi connectivity index (χ1v) is 10.0. The minimum Gasteiger partial charge on any atom is -0.478 e. The van der Waals surface area contributed by atoms with Crippen LogP contribution in [0.3, 0.4) is 0 Å². The summed E-state index contributed by atoms with van der Waals surface area (Å²) in [7, 11) is 0.